The Hall–Kier alpha value is -3.18. The Morgan fingerprint density at radius 3 is 2.38 bits per heavy atom. The number of rotatable bonds is 9. The summed E-state index contributed by atoms with van der Waals surface area (Å²) in [5.41, 5.74) is 1.94. The summed E-state index contributed by atoms with van der Waals surface area (Å²) >= 11 is 0. The highest BCUT2D eigenvalue weighted by atomic mass is 16.5. The molecule has 3 rings (SSSR count). The summed E-state index contributed by atoms with van der Waals surface area (Å²) < 4.78 is 4.73. The largest absolute Gasteiger partial charge is 0.467 e. The zero-order valence-electron chi connectivity index (χ0n) is 19.3. The van der Waals surface area contributed by atoms with Crippen molar-refractivity contribution in [3.8, 4) is 0 Å². The summed E-state index contributed by atoms with van der Waals surface area (Å²) in [5, 5.41) is 8.89. The van der Waals surface area contributed by atoms with Crippen LogP contribution in [0.4, 0.5) is 0 Å². The highest BCUT2D eigenvalue weighted by molar-refractivity contribution is 5.97. The molecule has 3 aromatic carbocycles. The second-order valence-corrected chi connectivity index (χ2v) is 8.62. The fraction of sp³-hybridized carbons (Fsp3) is 0.333. The van der Waals surface area contributed by atoms with Gasteiger partial charge in [0.2, 0.25) is 0 Å². The maximum Gasteiger partial charge on any atom is 0.330 e. The van der Waals surface area contributed by atoms with Crippen LogP contribution in [0.2, 0.25) is 0 Å². The van der Waals surface area contributed by atoms with E-state index in [9.17, 15) is 9.59 Å². The van der Waals surface area contributed by atoms with E-state index in [2.05, 4.69) is 60.0 Å². The first kappa shape index (κ1) is 23.5. The van der Waals surface area contributed by atoms with Gasteiger partial charge in [-0.3, -0.25) is 4.79 Å². The van der Waals surface area contributed by atoms with Crippen LogP contribution < -0.4 is 10.6 Å². The van der Waals surface area contributed by atoms with Crippen LogP contribution in [-0.4, -0.2) is 31.1 Å². The number of hydrogen-bond donors (Lipinski definition) is 2. The molecule has 0 spiro atoms. The second-order valence-electron chi connectivity index (χ2n) is 8.62. The number of benzene rings is 3. The van der Waals surface area contributed by atoms with E-state index in [1.165, 1.54) is 29.0 Å². The van der Waals surface area contributed by atoms with Gasteiger partial charge < -0.3 is 15.4 Å². The molecule has 168 valence electrons. The van der Waals surface area contributed by atoms with Crippen molar-refractivity contribution in [1.82, 2.24) is 10.6 Å². The number of methoxy groups -OCH3 is 1. The van der Waals surface area contributed by atoms with Gasteiger partial charge in [-0.15, -0.1) is 0 Å². The number of aryl methyl sites for hydroxylation is 1. The number of fused-ring (bicyclic) bond motifs is 1. The highest BCUT2D eigenvalue weighted by Gasteiger charge is 2.30. The standard InChI is InChI=1S/C27H32N2O3/c1-19(23-13-7-11-21-10-5-6-12-24(21)23)28-18-8-9-20-14-16-22(17-15-20)25(30)29-27(2,3)26(31)32-4/h5-7,10-17,19,28H,8-9,18H2,1-4H3,(H,29,30). The van der Waals surface area contributed by atoms with Crippen molar-refractivity contribution < 1.29 is 14.3 Å². The minimum atomic E-state index is -1.07. The molecular weight excluding hydrogens is 400 g/mol. The molecule has 1 unspecified atom stereocenters. The predicted molar refractivity (Wildman–Crippen MR) is 129 cm³/mol. The van der Waals surface area contributed by atoms with Crippen molar-refractivity contribution >= 4 is 22.6 Å². The van der Waals surface area contributed by atoms with E-state index in [0.29, 0.717) is 5.56 Å². The lowest BCUT2D eigenvalue weighted by Gasteiger charge is -2.23. The van der Waals surface area contributed by atoms with Gasteiger partial charge in [0.25, 0.3) is 5.91 Å². The predicted octanol–water partition coefficient (Wildman–Crippen LogP) is 4.80. The van der Waals surface area contributed by atoms with E-state index >= 15 is 0 Å². The molecule has 0 saturated heterocycles. The zero-order valence-corrected chi connectivity index (χ0v) is 19.3. The molecule has 1 atom stereocenters. The molecule has 2 N–H and O–H groups in total. The van der Waals surface area contributed by atoms with Gasteiger partial charge in [-0.1, -0.05) is 54.6 Å². The summed E-state index contributed by atoms with van der Waals surface area (Å²) in [6.07, 6.45) is 1.92. The number of hydrogen-bond acceptors (Lipinski definition) is 4. The van der Waals surface area contributed by atoms with Crippen LogP contribution in [0.3, 0.4) is 0 Å². The van der Waals surface area contributed by atoms with E-state index in [1.807, 2.05) is 12.1 Å². The van der Waals surface area contributed by atoms with E-state index in [1.54, 1.807) is 26.0 Å². The quantitative estimate of drug-likeness (QED) is 0.376. The average molecular weight is 433 g/mol. The molecule has 5 heteroatoms. The first-order valence-electron chi connectivity index (χ1n) is 11.0. The van der Waals surface area contributed by atoms with E-state index in [0.717, 1.165) is 19.4 Å². The van der Waals surface area contributed by atoms with Crippen LogP contribution >= 0.6 is 0 Å². The SMILES string of the molecule is COC(=O)C(C)(C)NC(=O)c1ccc(CCCNC(C)c2cccc3ccccc23)cc1. The third kappa shape index (κ3) is 5.74. The van der Waals surface area contributed by atoms with Crippen LogP contribution in [0.1, 0.15) is 54.7 Å². The van der Waals surface area contributed by atoms with Gasteiger partial charge in [0.15, 0.2) is 0 Å². The fourth-order valence-electron chi connectivity index (χ4n) is 3.83. The topological polar surface area (TPSA) is 67.4 Å². The fourth-order valence-corrected chi connectivity index (χ4v) is 3.83. The van der Waals surface area contributed by atoms with Crippen LogP contribution in [0.5, 0.6) is 0 Å². The van der Waals surface area contributed by atoms with Crippen molar-refractivity contribution in [2.45, 2.75) is 45.2 Å². The normalized spacial score (nSPS) is 12.4. The lowest BCUT2D eigenvalue weighted by atomic mass is 9.99. The molecular formula is C27H32N2O3. The molecule has 0 fully saturated rings. The number of amides is 1. The maximum atomic E-state index is 12.4. The number of ether oxygens (including phenoxy) is 1. The summed E-state index contributed by atoms with van der Waals surface area (Å²) in [7, 11) is 1.31. The lowest BCUT2D eigenvalue weighted by molar-refractivity contribution is -0.146. The van der Waals surface area contributed by atoms with Crippen LogP contribution in [0, 0.1) is 0 Å². The third-order valence-electron chi connectivity index (χ3n) is 5.72. The molecule has 0 aliphatic carbocycles. The van der Waals surface area contributed by atoms with Gasteiger partial charge in [-0.25, -0.2) is 4.79 Å². The summed E-state index contributed by atoms with van der Waals surface area (Å²) in [6.45, 7) is 6.35. The smallest absolute Gasteiger partial charge is 0.330 e. The van der Waals surface area contributed by atoms with Crippen molar-refractivity contribution in [2.24, 2.45) is 0 Å². The molecule has 0 heterocycles. The number of esters is 1. The Balaban J connectivity index is 1.49. The number of carbonyl (C=O) groups is 2. The molecule has 0 radical (unpaired) electrons. The highest BCUT2D eigenvalue weighted by Crippen LogP contribution is 2.24. The van der Waals surface area contributed by atoms with Gasteiger partial charge in [0.1, 0.15) is 5.54 Å². The molecule has 0 aliphatic rings. The van der Waals surface area contributed by atoms with Gasteiger partial charge in [-0.2, -0.15) is 0 Å². The Labute approximate surface area is 190 Å². The van der Waals surface area contributed by atoms with Crippen molar-refractivity contribution in [3.63, 3.8) is 0 Å². The maximum absolute atomic E-state index is 12.4. The van der Waals surface area contributed by atoms with E-state index in [-0.39, 0.29) is 11.9 Å². The van der Waals surface area contributed by atoms with Gasteiger partial charge in [-0.05, 0) is 74.2 Å². The molecule has 1 amide bonds. The summed E-state index contributed by atoms with van der Waals surface area (Å²) in [6, 6.07) is 22.7. The average Bonchev–Trinajstić information content (AvgIpc) is 2.80. The second kappa shape index (κ2) is 10.4. The molecule has 0 saturated carbocycles. The minimum Gasteiger partial charge on any atom is -0.467 e. The monoisotopic (exact) mass is 432 g/mol. The van der Waals surface area contributed by atoms with Gasteiger partial charge in [0, 0.05) is 11.6 Å². The van der Waals surface area contributed by atoms with Crippen molar-refractivity contribution in [1.29, 1.82) is 0 Å². The Bertz CT molecular complexity index is 1070. The zero-order chi connectivity index (χ0) is 23.1. The lowest BCUT2D eigenvalue weighted by Crippen LogP contribution is -2.50. The molecule has 32 heavy (non-hydrogen) atoms. The summed E-state index contributed by atoms with van der Waals surface area (Å²) in [5.74, 6) is -0.773. The van der Waals surface area contributed by atoms with E-state index < -0.39 is 11.5 Å². The Morgan fingerprint density at radius 2 is 1.66 bits per heavy atom. The van der Waals surface area contributed by atoms with Crippen LogP contribution in [-0.2, 0) is 16.0 Å². The minimum absolute atomic E-state index is 0.269. The molecule has 5 nitrogen and oxygen atoms in total. The first-order chi connectivity index (χ1) is 15.3. The molecule has 0 aliphatic heterocycles. The number of carbonyl (C=O) groups excluding carboxylic acids is 2. The van der Waals surface area contributed by atoms with E-state index in [4.69, 9.17) is 4.74 Å². The Morgan fingerprint density at radius 1 is 0.969 bits per heavy atom. The van der Waals surface area contributed by atoms with Crippen LogP contribution in [0.25, 0.3) is 10.8 Å². The molecule has 0 bridgehead atoms. The van der Waals surface area contributed by atoms with Crippen molar-refractivity contribution in [2.75, 3.05) is 13.7 Å². The van der Waals surface area contributed by atoms with Gasteiger partial charge >= 0.3 is 5.97 Å². The Kier molecular flexibility index (Phi) is 7.65. The molecule has 0 aromatic heterocycles. The summed E-state index contributed by atoms with van der Waals surface area (Å²) in [4.78, 5) is 24.2. The third-order valence-corrected chi connectivity index (χ3v) is 5.72. The van der Waals surface area contributed by atoms with Crippen molar-refractivity contribution in [3.05, 3.63) is 83.4 Å². The van der Waals surface area contributed by atoms with Gasteiger partial charge in [0.05, 0.1) is 7.11 Å². The number of nitrogens with one attached hydrogen (secondary N) is 2. The van der Waals surface area contributed by atoms with Crippen LogP contribution in [0.15, 0.2) is 66.7 Å². The molecule has 3 aromatic rings. The first-order valence-corrected chi connectivity index (χ1v) is 11.0.